The molecular formula is C22H16ClN5O5. The van der Waals surface area contributed by atoms with Crippen LogP contribution < -0.4 is 0 Å². The fourth-order valence-corrected chi connectivity index (χ4v) is 4.34. The van der Waals surface area contributed by atoms with Gasteiger partial charge in [-0.15, -0.1) is 0 Å². The molecule has 0 spiro atoms. The third-order valence-corrected chi connectivity index (χ3v) is 6.08. The second-order valence-electron chi connectivity index (χ2n) is 7.79. The van der Waals surface area contributed by atoms with Crippen LogP contribution >= 0.6 is 11.6 Å². The maximum absolute atomic E-state index is 13.0. The van der Waals surface area contributed by atoms with Crippen LogP contribution in [0.3, 0.4) is 0 Å². The molecule has 2 aliphatic rings. The van der Waals surface area contributed by atoms with E-state index in [1.165, 1.54) is 6.07 Å². The number of hydrogen-bond acceptors (Lipinski definition) is 6. The van der Waals surface area contributed by atoms with Crippen LogP contribution in [-0.4, -0.2) is 55.7 Å². The summed E-state index contributed by atoms with van der Waals surface area (Å²) >= 11 is 6.10. The minimum Gasteiger partial charge on any atom is -0.336 e. The Bertz CT molecular complexity index is 1350. The smallest absolute Gasteiger partial charge is 0.270 e. The molecule has 11 heteroatoms. The summed E-state index contributed by atoms with van der Waals surface area (Å²) in [6.45, 7) is 0.221. The lowest BCUT2D eigenvalue weighted by molar-refractivity contribution is -0.384. The molecular weight excluding hydrogens is 450 g/mol. The normalized spacial score (nSPS) is 14.9. The van der Waals surface area contributed by atoms with Gasteiger partial charge in [0.15, 0.2) is 0 Å². The lowest BCUT2D eigenvalue weighted by Gasteiger charge is -2.28. The fourth-order valence-electron chi connectivity index (χ4n) is 4.15. The SMILES string of the molecule is O=C(CN1C(=O)c2ccc([N+](=O)[O-])cc2C1=O)N1CCc2[nH]nc(-c3cccc(Cl)c3)c2C1. The number of carbonyl (C=O) groups is 3. The van der Waals surface area contributed by atoms with Crippen molar-refractivity contribution in [3.63, 3.8) is 0 Å². The van der Waals surface area contributed by atoms with Crippen molar-refractivity contribution in [3.8, 4) is 11.3 Å². The highest BCUT2D eigenvalue weighted by Crippen LogP contribution is 2.31. The molecule has 0 bridgehead atoms. The van der Waals surface area contributed by atoms with Crippen LogP contribution in [0.4, 0.5) is 5.69 Å². The third-order valence-electron chi connectivity index (χ3n) is 5.84. The number of nitrogens with one attached hydrogen (secondary N) is 1. The monoisotopic (exact) mass is 465 g/mol. The van der Waals surface area contributed by atoms with E-state index in [0.29, 0.717) is 23.7 Å². The van der Waals surface area contributed by atoms with E-state index in [-0.39, 0.29) is 23.4 Å². The average Bonchev–Trinajstić information content (AvgIpc) is 3.33. The quantitative estimate of drug-likeness (QED) is 0.358. The Balaban J connectivity index is 1.35. The topological polar surface area (TPSA) is 130 Å². The molecule has 10 nitrogen and oxygen atoms in total. The Hall–Kier alpha value is -4.05. The summed E-state index contributed by atoms with van der Waals surface area (Å²) in [4.78, 5) is 51.2. The molecule has 2 aliphatic heterocycles. The number of non-ortho nitro benzene ring substituents is 1. The fraction of sp³-hybridized carbons (Fsp3) is 0.182. The number of halogens is 1. The van der Waals surface area contributed by atoms with Gasteiger partial charge >= 0.3 is 0 Å². The summed E-state index contributed by atoms with van der Waals surface area (Å²) < 4.78 is 0. The molecule has 0 radical (unpaired) electrons. The summed E-state index contributed by atoms with van der Waals surface area (Å²) in [7, 11) is 0. The largest absolute Gasteiger partial charge is 0.336 e. The van der Waals surface area contributed by atoms with E-state index < -0.39 is 29.2 Å². The van der Waals surface area contributed by atoms with Crippen LogP contribution in [0.25, 0.3) is 11.3 Å². The molecule has 166 valence electrons. The number of aromatic nitrogens is 2. The summed E-state index contributed by atoms with van der Waals surface area (Å²) in [5.41, 5.74) is 2.98. The Labute approximate surface area is 191 Å². The zero-order chi connectivity index (χ0) is 23.3. The number of imide groups is 1. The number of nitro groups is 1. The third kappa shape index (κ3) is 3.54. The first kappa shape index (κ1) is 20.8. The van der Waals surface area contributed by atoms with Crippen molar-refractivity contribution in [2.45, 2.75) is 13.0 Å². The zero-order valence-electron chi connectivity index (χ0n) is 17.1. The van der Waals surface area contributed by atoms with Gasteiger partial charge in [-0.2, -0.15) is 5.10 Å². The van der Waals surface area contributed by atoms with Gasteiger partial charge in [-0.05, 0) is 18.2 Å². The number of nitrogens with zero attached hydrogens (tertiary/aromatic N) is 4. The van der Waals surface area contributed by atoms with E-state index in [2.05, 4.69) is 10.2 Å². The molecule has 3 amide bonds. The summed E-state index contributed by atoms with van der Waals surface area (Å²) in [6, 6.07) is 10.7. The van der Waals surface area contributed by atoms with Gasteiger partial charge < -0.3 is 4.90 Å². The Morgan fingerprint density at radius 1 is 1.15 bits per heavy atom. The summed E-state index contributed by atoms with van der Waals surface area (Å²) in [5, 5.41) is 19.0. The van der Waals surface area contributed by atoms with E-state index in [0.717, 1.165) is 33.9 Å². The maximum Gasteiger partial charge on any atom is 0.270 e. The van der Waals surface area contributed by atoms with Gasteiger partial charge in [0.1, 0.15) is 6.54 Å². The Kier molecular flexibility index (Phi) is 4.94. The predicted octanol–water partition coefficient (Wildman–Crippen LogP) is 2.82. The second kappa shape index (κ2) is 7.82. The number of rotatable bonds is 4. The van der Waals surface area contributed by atoms with Crippen LogP contribution in [-0.2, 0) is 17.8 Å². The van der Waals surface area contributed by atoms with Crippen LogP contribution in [0.15, 0.2) is 42.5 Å². The molecule has 1 aromatic heterocycles. The van der Waals surface area contributed by atoms with Crippen molar-refractivity contribution >= 4 is 35.0 Å². The van der Waals surface area contributed by atoms with Crippen LogP contribution in [0, 0.1) is 10.1 Å². The second-order valence-corrected chi connectivity index (χ2v) is 8.22. The standard InChI is InChI=1S/C22H16ClN5O5/c23-13-3-1-2-12(8-13)20-17-10-26(7-6-18(17)24-25-20)19(29)11-27-21(30)15-5-4-14(28(32)33)9-16(15)22(27)31/h1-5,8-9H,6-7,10-11H2,(H,24,25). The van der Waals surface area contributed by atoms with E-state index in [4.69, 9.17) is 11.6 Å². The molecule has 0 atom stereocenters. The average molecular weight is 466 g/mol. The van der Waals surface area contributed by atoms with Crippen molar-refractivity contribution in [2.75, 3.05) is 13.1 Å². The molecule has 0 saturated carbocycles. The van der Waals surface area contributed by atoms with Crippen molar-refractivity contribution in [1.82, 2.24) is 20.0 Å². The highest BCUT2D eigenvalue weighted by molar-refractivity contribution is 6.30. The molecule has 1 N–H and O–H groups in total. The van der Waals surface area contributed by atoms with Crippen molar-refractivity contribution in [1.29, 1.82) is 0 Å². The minimum atomic E-state index is -0.715. The van der Waals surface area contributed by atoms with Crippen molar-refractivity contribution in [3.05, 3.63) is 80.0 Å². The van der Waals surface area contributed by atoms with Crippen LogP contribution in [0.5, 0.6) is 0 Å². The summed E-state index contributed by atoms with van der Waals surface area (Å²) in [5.74, 6) is -1.76. The van der Waals surface area contributed by atoms with Crippen LogP contribution in [0.2, 0.25) is 5.02 Å². The molecule has 33 heavy (non-hydrogen) atoms. The molecule has 0 unspecified atom stereocenters. The first-order chi connectivity index (χ1) is 15.8. The molecule has 0 saturated heterocycles. The maximum atomic E-state index is 13.0. The molecule has 5 rings (SSSR count). The van der Waals surface area contributed by atoms with E-state index in [1.54, 1.807) is 17.0 Å². The number of nitro benzene ring substituents is 1. The molecule has 2 aromatic carbocycles. The zero-order valence-corrected chi connectivity index (χ0v) is 17.8. The highest BCUT2D eigenvalue weighted by atomic mass is 35.5. The number of benzene rings is 2. The van der Waals surface area contributed by atoms with Gasteiger partial charge in [-0.3, -0.25) is 34.5 Å². The molecule has 0 fully saturated rings. The van der Waals surface area contributed by atoms with Gasteiger partial charge in [0.25, 0.3) is 17.5 Å². The minimum absolute atomic E-state index is 0.0532. The number of hydrogen-bond donors (Lipinski definition) is 1. The van der Waals surface area contributed by atoms with E-state index in [9.17, 15) is 24.5 Å². The van der Waals surface area contributed by atoms with Crippen molar-refractivity contribution in [2.24, 2.45) is 0 Å². The van der Waals surface area contributed by atoms with Crippen LogP contribution in [0.1, 0.15) is 32.0 Å². The van der Waals surface area contributed by atoms with E-state index >= 15 is 0 Å². The molecule has 3 heterocycles. The van der Waals surface area contributed by atoms with Gasteiger partial charge in [-0.25, -0.2) is 0 Å². The molecule has 0 aliphatic carbocycles. The van der Waals surface area contributed by atoms with Gasteiger partial charge in [0.2, 0.25) is 5.91 Å². The number of carbonyl (C=O) groups excluding carboxylic acids is 3. The summed E-state index contributed by atoms with van der Waals surface area (Å²) in [6.07, 6.45) is 0.545. The lowest BCUT2D eigenvalue weighted by Crippen LogP contribution is -2.44. The van der Waals surface area contributed by atoms with Crippen molar-refractivity contribution < 1.29 is 19.3 Å². The first-order valence-electron chi connectivity index (χ1n) is 10.1. The number of fused-ring (bicyclic) bond motifs is 2. The lowest BCUT2D eigenvalue weighted by atomic mass is 10.0. The number of H-pyrrole nitrogens is 1. The predicted molar refractivity (Wildman–Crippen MR) is 117 cm³/mol. The molecule has 3 aromatic rings. The Morgan fingerprint density at radius 2 is 1.94 bits per heavy atom. The first-order valence-corrected chi connectivity index (χ1v) is 10.5. The van der Waals surface area contributed by atoms with Gasteiger partial charge in [0.05, 0.1) is 21.7 Å². The van der Waals surface area contributed by atoms with E-state index in [1.807, 2.05) is 12.1 Å². The van der Waals surface area contributed by atoms with Gasteiger partial charge in [-0.1, -0.05) is 23.7 Å². The Morgan fingerprint density at radius 3 is 2.70 bits per heavy atom. The number of aromatic amines is 1. The number of amides is 3. The highest BCUT2D eigenvalue weighted by Gasteiger charge is 2.39. The van der Waals surface area contributed by atoms with Gasteiger partial charge in [0, 0.05) is 53.5 Å².